The summed E-state index contributed by atoms with van der Waals surface area (Å²) in [7, 11) is 3.27. The van der Waals surface area contributed by atoms with E-state index in [2.05, 4.69) is 9.97 Å². The first kappa shape index (κ1) is 15.3. The van der Waals surface area contributed by atoms with Gasteiger partial charge in [0.05, 0.1) is 0 Å². The smallest absolute Gasteiger partial charge is 0.329 e. The molecule has 3 heterocycles. The number of nitrogens with one attached hydrogen (secondary N) is 1. The summed E-state index contributed by atoms with van der Waals surface area (Å²) >= 11 is 0. The molecule has 0 radical (unpaired) electrons. The van der Waals surface area contributed by atoms with Gasteiger partial charge in [-0.25, -0.2) is 4.79 Å². The second-order valence-electron chi connectivity index (χ2n) is 5.49. The zero-order valence-electron chi connectivity index (χ0n) is 12.9. The predicted molar refractivity (Wildman–Crippen MR) is 82.5 cm³/mol. The Morgan fingerprint density at radius 1 is 1.17 bits per heavy atom. The van der Waals surface area contributed by atoms with E-state index in [1.54, 1.807) is 23.6 Å². The number of hydrogen-bond acceptors (Lipinski definition) is 6. The Hall–Kier alpha value is -2.62. The van der Waals surface area contributed by atoms with E-state index in [0.29, 0.717) is 43.3 Å². The maximum atomic E-state index is 12.0. The molecule has 0 bridgehead atoms. The number of amides is 1. The van der Waals surface area contributed by atoms with Gasteiger partial charge in [-0.1, -0.05) is 0 Å². The van der Waals surface area contributed by atoms with Crippen LogP contribution in [-0.4, -0.2) is 67.8 Å². The topological polar surface area (TPSA) is 116 Å². The average Bonchev–Trinajstić information content (AvgIpc) is 2.90. The number of hydrogen-bond donors (Lipinski definition) is 2. The molecule has 23 heavy (non-hydrogen) atoms. The number of anilines is 1. The van der Waals surface area contributed by atoms with Gasteiger partial charge in [-0.2, -0.15) is 4.98 Å². The first-order valence-electron chi connectivity index (χ1n) is 7.23. The molecule has 10 nitrogen and oxygen atoms in total. The minimum atomic E-state index is -0.509. The second-order valence-corrected chi connectivity index (χ2v) is 5.49. The molecule has 1 aliphatic heterocycles. The normalized spacial score (nSPS) is 15.4. The molecule has 1 amide bonds. The van der Waals surface area contributed by atoms with Gasteiger partial charge in [0.1, 0.15) is 6.61 Å². The van der Waals surface area contributed by atoms with Gasteiger partial charge in [-0.05, 0) is 0 Å². The highest BCUT2D eigenvalue weighted by Crippen LogP contribution is 2.19. The number of imidazole rings is 1. The van der Waals surface area contributed by atoms with Crippen LogP contribution in [0.1, 0.15) is 0 Å². The third-order valence-electron chi connectivity index (χ3n) is 4.16. The Kier molecular flexibility index (Phi) is 3.68. The minimum absolute atomic E-state index is 0.298. The monoisotopic (exact) mass is 322 g/mol. The summed E-state index contributed by atoms with van der Waals surface area (Å²) in [5, 5.41) is 8.90. The standard InChI is InChI=1S/C13H18N6O4/c1-16-9-10(17(2)13(23)15-11(9)22)14-12(16)19-5-3-18(4-6-19)8(21)7-20/h20H,3-7H2,1-2H3,(H,15,22,23). The van der Waals surface area contributed by atoms with Crippen molar-refractivity contribution in [3.63, 3.8) is 0 Å². The Morgan fingerprint density at radius 3 is 2.43 bits per heavy atom. The molecule has 2 N–H and O–H groups in total. The molecule has 124 valence electrons. The summed E-state index contributed by atoms with van der Waals surface area (Å²) in [5.41, 5.74) is -0.329. The number of piperazine rings is 1. The Balaban J connectivity index is 1.96. The van der Waals surface area contributed by atoms with Crippen LogP contribution in [0.15, 0.2) is 9.59 Å². The lowest BCUT2D eigenvalue weighted by atomic mass is 10.3. The number of fused-ring (bicyclic) bond motifs is 1. The first-order chi connectivity index (χ1) is 10.9. The van der Waals surface area contributed by atoms with Crippen LogP contribution in [0, 0.1) is 0 Å². The molecule has 0 aliphatic carbocycles. The van der Waals surface area contributed by atoms with Crippen LogP contribution in [0.25, 0.3) is 11.2 Å². The molecule has 0 unspecified atom stereocenters. The number of aromatic nitrogens is 4. The fraction of sp³-hybridized carbons (Fsp3) is 0.538. The fourth-order valence-corrected chi connectivity index (χ4v) is 2.84. The number of aliphatic hydroxyl groups is 1. The Bertz CT molecular complexity index is 871. The highest BCUT2D eigenvalue weighted by Gasteiger charge is 2.25. The predicted octanol–water partition coefficient (Wildman–Crippen LogP) is -2.40. The molecule has 1 fully saturated rings. The molecule has 1 saturated heterocycles. The fourth-order valence-electron chi connectivity index (χ4n) is 2.84. The van der Waals surface area contributed by atoms with Gasteiger partial charge in [-0.3, -0.25) is 19.1 Å². The van der Waals surface area contributed by atoms with Gasteiger partial charge < -0.3 is 19.5 Å². The van der Waals surface area contributed by atoms with E-state index in [-0.39, 0.29) is 5.91 Å². The van der Waals surface area contributed by atoms with E-state index >= 15 is 0 Å². The minimum Gasteiger partial charge on any atom is -0.387 e. The maximum Gasteiger partial charge on any atom is 0.329 e. The number of carbonyl (C=O) groups is 1. The summed E-state index contributed by atoms with van der Waals surface area (Å²) in [4.78, 5) is 45.4. The third-order valence-corrected chi connectivity index (χ3v) is 4.16. The van der Waals surface area contributed by atoms with Crippen LogP contribution < -0.4 is 16.1 Å². The van der Waals surface area contributed by atoms with Crippen LogP contribution in [-0.2, 0) is 18.9 Å². The quantitative estimate of drug-likeness (QED) is 0.637. The SMILES string of the molecule is Cn1c(N2CCN(C(=O)CO)CC2)nc2c1c(=O)[nH]c(=O)n2C. The molecule has 10 heteroatoms. The average molecular weight is 322 g/mol. The molecular formula is C13H18N6O4. The van der Waals surface area contributed by atoms with E-state index in [4.69, 9.17) is 5.11 Å². The van der Waals surface area contributed by atoms with Crippen molar-refractivity contribution in [2.75, 3.05) is 37.7 Å². The lowest BCUT2D eigenvalue weighted by molar-refractivity contribution is -0.134. The zero-order valence-corrected chi connectivity index (χ0v) is 12.9. The van der Waals surface area contributed by atoms with Crippen molar-refractivity contribution in [3.05, 3.63) is 20.8 Å². The number of rotatable bonds is 2. The van der Waals surface area contributed by atoms with E-state index in [9.17, 15) is 14.4 Å². The lowest BCUT2D eigenvalue weighted by Crippen LogP contribution is -2.50. The van der Waals surface area contributed by atoms with E-state index in [1.165, 1.54) is 4.57 Å². The van der Waals surface area contributed by atoms with Crippen LogP contribution in [0.5, 0.6) is 0 Å². The molecule has 3 rings (SSSR count). The first-order valence-corrected chi connectivity index (χ1v) is 7.23. The second kappa shape index (κ2) is 5.54. The van der Waals surface area contributed by atoms with Gasteiger partial charge in [0.2, 0.25) is 11.9 Å². The zero-order chi connectivity index (χ0) is 16.7. The van der Waals surface area contributed by atoms with Crippen molar-refractivity contribution in [3.8, 4) is 0 Å². The van der Waals surface area contributed by atoms with Crippen LogP contribution in [0.2, 0.25) is 0 Å². The Morgan fingerprint density at radius 2 is 1.83 bits per heavy atom. The van der Waals surface area contributed by atoms with Gasteiger partial charge in [0, 0.05) is 40.3 Å². The van der Waals surface area contributed by atoms with Crippen molar-refractivity contribution in [1.82, 2.24) is 24.0 Å². The maximum absolute atomic E-state index is 12.0. The van der Waals surface area contributed by atoms with Gasteiger partial charge in [0.15, 0.2) is 11.2 Å². The number of H-pyrrole nitrogens is 1. The van der Waals surface area contributed by atoms with E-state index in [1.807, 2.05) is 4.90 Å². The summed E-state index contributed by atoms with van der Waals surface area (Å²) in [6, 6.07) is 0. The molecule has 0 atom stereocenters. The summed E-state index contributed by atoms with van der Waals surface area (Å²) in [6.07, 6.45) is 0. The van der Waals surface area contributed by atoms with Crippen LogP contribution in [0.4, 0.5) is 5.95 Å². The van der Waals surface area contributed by atoms with E-state index < -0.39 is 17.9 Å². The number of aliphatic hydroxyl groups excluding tert-OH is 1. The van der Waals surface area contributed by atoms with Crippen LogP contribution >= 0.6 is 0 Å². The van der Waals surface area contributed by atoms with Crippen LogP contribution in [0.3, 0.4) is 0 Å². The van der Waals surface area contributed by atoms with Crippen molar-refractivity contribution in [2.24, 2.45) is 14.1 Å². The van der Waals surface area contributed by atoms with E-state index in [0.717, 1.165) is 0 Å². The van der Waals surface area contributed by atoms with Gasteiger partial charge in [-0.15, -0.1) is 0 Å². The molecule has 0 spiro atoms. The Labute approximate surface area is 130 Å². The van der Waals surface area contributed by atoms with Gasteiger partial charge >= 0.3 is 5.69 Å². The summed E-state index contributed by atoms with van der Waals surface area (Å²) in [6.45, 7) is 1.52. The van der Waals surface area contributed by atoms with Crippen molar-refractivity contribution < 1.29 is 9.90 Å². The largest absolute Gasteiger partial charge is 0.387 e. The lowest BCUT2D eigenvalue weighted by Gasteiger charge is -2.34. The number of carbonyl (C=O) groups excluding carboxylic acids is 1. The number of aryl methyl sites for hydroxylation is 2. The molecule has 0 saturated carbocycles. The van der Waals surface area contributed by atoms with Gasteiger partial charge in [0.25, 0.3) is 5.56 Å². The summed E-state index contributed by atoms with van der Waals surface area (Å²) < 4.78 is 2.95. The third kappa shape index (κ3) is 2.40. The number of nitrogens with zero attached hydrogens (tertiary/aromatic N) is 5. The molecule has 1 aliphatic rings. The van der Waals surface area contributed by atoms with Crippen molar-refractivity contribution in [1.29, 1.82) is 0 Å². The molecular weight excluding hydrogens is 304 g/mol. The van der Waals surface area contributed by atoms with Crippen molar-refractivity contribution in [2.45, 2.75) is 0 Å². The number of aromatic amines is 1. The molecule has 2 aromatic heterocycles. The highest BCUT2D eigenvalue weighted by atomic mass is 16.3. The summed E-state index contributed by atoms with van der Waals surface area (Å²) in [5.74, 6) is 0.274. The molecule has 2 aromatic rings. The highest BCUT2D eigenvalue weighted by molar-refractivity contribution is 5.77. The van der Waals surface area contributed by atoms with Crippen molar-refractivity contribution >= 4 is 23.0 Å². The molecule has 0 aromatic carbocycles.